The lowest BCUT2D eigenvalue weighted by atomic mass is 10.2. The highest BCUT2D eigenvalue weighted by atomic mass is 32.2. The fraction of sp³-hybridized carbons (Fsp3) is 0.200. The van der Waals surface area contributed by atoms with Crippen LogP contribution in [-0.2, 0) is 0 Å². The summed E-state index contributed by atoms with van der Waals surface area (Å²) in [6.07, 6.45) is 0. The second-order valence-corrected chi connectivity index (χ2v) is 7.47. The molecule has 0 saturated carbocycles. The number of nitrogens with zero attached hydrogens (tertiary/aromatic N) is 4. The fourth-order valence-corrected chi connectivity index (χ4v) is 3.86. The van der Waals surface area contributed by atoms with Gasteiger partial charge in [-0.25, -0.2) is 4.98 Å². The van der Waals surface area contributed by atoms with Crippen molar-refractivity contribution >= 4 is 22.7 Å². The van der Waals surface area contributed by atoms with Gasteiger partial charge in [-0.1, -0.05) is 41.2 Å². The molecule has 0 aliphatic heterocycles. The van der Waals surface area contributed by atoms with E-state index in [-0.39, 0.29) is 10.8 Å². The standard InChI is InChI=1S/C20H18N4O3S/c1-12(18-21-13(2)23-27-18)28-20-22-15-9-5-4-8-14(15)19(25)24(20)16-10-6-7-11-17(16)26-3/h4-12H,1-3H3. The van der Waals surface area contributed by atoms with E-state index >= 15 is 0 Å². The van der Waals surface area contributed by atoms with Crippen molar-refractivity contribution in [3.8, 4) is 11.4 Å². The van der Waals surface area contributed by atoms with Crippen LogP contribution in [0.1, 0.15) is 23.9 Å². The van der Waals surface area contributed by atoms with Gasteiger partial charge in [0.05, 0.1) is 29.0 Å². The first-order valence-electron chi connectivity index (χ1n) is 8.70. The minimum Gasteiger partial charge on any atom is -0.495 e. The van der Waals surface area contributed by atoms with E-state index in [9.17, 15) is 4.79 Å². The summed E-state index contributed by atoms with van der Waals surface area (Å²) in [4.78, 5) is 22.4. The lowest BCUT2D eigenvalue weighted by Gasteiger charge is -2.16. The number of ether oxygens (including phenoxy) is 1. The number of rotatable bonds is 5. The molecule has 1 atom stereocenters. The second kappa shape index (κ2) is 7.47. The number of benzene rings is 2. The molecule has 142 valence electrons. The van der Waals surface area contributed by atoms with Gasteiger partial charge in [-0.3, -0.25) is 9.36 Å². The molecule has 1 unspecified atom stereocenters. The van der Waals surface area contributed by atoms with E-state index in [1.54, 1.807) is 24.7 Å². The van der Waals surface area contributed by atoms with Gasteiger partial charge in [0.1, 0.15) is 5.75 Å². The Labute approximate surface area is 165 Å². The van der Waals surface area contributed by atoms with E-state index in [0.29, 0.717) is 39.2 Å². The predicted octanol–water partition coefficient (Wildman–Crippen LogP) is 3.94. The molecule has 8 heteroatoms. The number of fused-ring (bicyclic) bond motifs is 1. The molecule has 4 rings (SSSR count). The first-order valence-corrected chi connectivity index (χ1v) is 9.58. The highest BCUT2D eigenvalue weighted by Crippen LogP contribution is 2.35. The molecule has 4 aromatic rings. The van der Waals surface area contributed by atoms with Gasteiger partial charge in [0, 0.05) is 0 Å². The third kappa shape index (κ3) is 3.27. The van der Waals surface area contributed by atoms with Gasteiger partial charge in [-0.2, -0.15) is 4.98 Å². The van der Waals surface area contributed by atoms with Crippen LogP contribution in [-0.4, -0.2) is 26.8 Å². The molecule has 0 amide bonds. The van der Waals surface area contributed by atoms with Crippen molar-refractivity contribution in [2.24, 2.45) is 0 Å². The number of aromatic nitrogens is 4. The summed E-state index contributed by atoms with van der Waals surface area (Å²) in [6.45, 7) is 3.70. The van der Waals surface area contributed by atoms with Gasteiger partial charge in [0.25, 0.3) is 5.56 Å². The molecule has 2 aromatic heterocycles. The summed E-state index contributed by atoms with van der Waals surface area (Å²) < 4.78 is 12.3. The van der Waals surface area contributed by atoms with Crippen LogP contribution in [0.25, 0.3) is 16.6 Å². The molecule has 0 N–H and O–H groups in total. The quantitative estimate of drug-likeness (QED) is 0.374. The zero-order chi connectivity index (χ0) is 19.7. The van der Waals surface area contributed by atoms with Crippen LogP contribution < -0.4 is 10.3 Å². The summed E-state index contributed by atoms with van der Waals surface area (Å²) in [6, 6.07) is 14.7. The molecule has 0 saturated heterocycles. The molecule has 0 fully saturated rings. The molecule has 0 radical (unpaired) electrons. The molecular formula is C20H18N4O3S. The Kier molecular flexibility index (Phi) is 4.87. The van der Waals surface area contributed by atoms with E-state index in [1.807, 2.05) is 49.4 Å². The third-order valence-corrected chi connectivity index (χ3v) is 5.28. The van der Waals surface area contributed by atoms with Crippen LogP contribution in [0.15, 0.2) is 63.0 Å². The predicted molar refractivity (Wildman–Crippen MR) is 107 cm³/mol. The highest BCUT2D eigenvalue weighted by Gasteiger charge is 2.21. The average Bonchev–Trinajstić information content (AvgIpc) is 3.15. The maximum absolute atomic E-state index is 13.3. The Bertz CT molecular complexity index is 1200. The van der Waals surface area contributed by atoms with Gasteiger partial charge in [0.15, 0.2) is 11.0 Å². The van der Waals surface area contributed by atoms with Crippen LogP contribution in [0, 0.1) is 6.92 Å². The molecule has 0 aliphatic rings. The van der Waals surface area contributed by atoms with Crippen molar-refractivity contribution in [1.82, 2.24) is 19.7 Å². The Morgan fingerprint density at radius 1 is 1.11 bits per heavy atom. The Balaban J connectivity index is 1.92. The van der Waals surface area contributed by atoms with E-state index < -0.39 is 0 Å². The number of hydrogen-bond donors (Lipinski definition) is 0. The molecule has 0 aliphatic carbocycles. The smallest absolute Gasteiger partial charge is 0.266 e. The van der Waals surface area contributed by atoms with Crippen molar-refractivity contribution in [3.63, 3.8) is 0 Å². The minimum atomic E-state index is -0.185. The van der Waals surface area contributed by atoms with Gasteiger partial charge < -0.3 is 9.26 Å². The summed E-state index contributed by atoms with van der Waals surface area (Å²) in [7, 11) is 1.58. The second-order valence-electron chi connectivity index (χ2n) is 6.16. The summed E-state index contributed by atoms with van der Waals surface area (Å²) in [5.41, 5.74) is 1.10. The highest BCUT2D eigenvalue weighted by molar-refractivity contribution is 7.99. The van der Waals surface area contributed by atoms with Gasteiger partial charge >= 0.3 is 0 Å². The third-order valence-electron chi connectivity index (χ3n) is 4.24. The monoisotopic (exact) mass is 394 g/mol. The molecule has 2 heterocycles. The van der Waals surface area contributed by atoms with Crippen molar-refractivity contribution in [3.05, 3.63) is 70.6 Å². The summed E-state index contributed by atoms with van der Waals surface area (Å²) in [5, 5.41) is 4.73. The first kappa shape index (κ1) is 18.2. The number of aryl methyl sites for hydroxylation is 1. The molecule has 0 spiro atoms. The van der Waals surface area contributed by atoms with Gasteiger partial charge in [0.2, 0.25) is 5.89 Å². The molecule has 2 aromatic carbocycles. The number of methoxy groups -OCH3 is 1. The SMILES string of the molecule is COc1ccccc1-n1c(SC(C)c2nc(C)no2)nc2ccccc2c1=O. The normalized spacial score (nSPS) is 12.2. The van der Waals surface area contributed by atoms with E-state index in [1.165, 1.54) is 11.8 Å². The largest absolute Gasteiger partial charge is 0.495 e. The Morgan fingerprint density at radius 3 is 2.61 bits per heavy atom. The molecule has 28 heavy (non-hydrogen) atoms. The van der Waals surface area contributed by atoms with E-state index in [4.69, 9.17) is 14.2 Å². The van der Waals surface area contributed by atoms with Gasteiger partial charge in [-0.05, 0) is 38.1 Å². The molecule has 7 nitrogen and oxygen atoms in total. The number of thioether (sulfide) groups is 1. The lowest BCUT2D eigenvalue weighted by Crippen LogP contribution is -2.22. The Hall–Kier alpha value is -3.13. The minimum absolute atomic E-state index is 0.161. The van der Waals surface area contributed by atoms with Gasteiger partial charge in [-0.15, -0.1) is 0 Å². The Morgan fingerprint density at radius 2 is 1.86 bits per heavy atom. The van der Waals surface area contributed by atoms with Crippen LogP contribution in [0.5, 0.6) is 5.75 Å². The zero-order valence-electron chi connectivity index (χ0n) is 15.6. The maximum Gasteiger partial charge on any atom is 0.266 e. The zero-order valence-corrected chi connectivity index (χ0v) is 16.4. The van der Waals surface area contributed by atoms with Crippen LogP contribution >= 0.6 is 11.8 Å². The van der Waals surface area contributed by atoms with E-state index in [0.717, 1.165) is 0 Å². The average molecular weight is 394 g/mol. The summed E-state index contributed by atoms with van der Waals surface area (Å²) >= 11 is 1.38. The van der Waals surface area contributed by atoms with Crippen molar-refractivity contribution in [1.29, 1.82) is 0 Å². The van der Waals surface area contributed by atoms with Crippen LogP contribution in [0.2, 0.25) is 0 Å². The number of para-hydroxylation sites is 3. The van der Waals surface area contributed by atoms with Crippen LogP contribution in [0.4, 0.5) is 0 Å². The molecular weight excluding hydrogens is 376 g/mol. The fourth-order valence-electron chi connectivity index (χ4n) is 2.91. The van der Waals surface area contributed by atoms with Crippen molar-refractivity contribution in [2.75, 3.05) is 7.11 Å². The topological polar surface area (TPSA) is 83.0 Å². The van der Waals surface area contributed by atoms with Crippen LogP contribution in [0.3, 0.4) is 0 Å². The first-order chi connectivity index (χ1) is 13.6. The van der Waals surface area contributed by atoms with E-state index in [2.05, 4.69) is 10.1 Å². The summed E-state index contributed by atoms with van der Waals surface area (Å²) in [5.74, 6) is 1.64. The lowest BCUT2D eigenvalue weighted by molar-refractivity contribution is 0.376. The van der Waals surface area contributed by atoms with Crippen molar-refractivity contribution < 1.29 is 9.26 Å². The molecule has 0 bridgehead atoms. The van der Waals surface area contributed by atoms with Crippen molar-refractivity contribution in [2.45, 2.75) is 24.3 Å². The maximum atomic E-state index is 13.3. The number of hydrogen-bond acceptors (Lipinski definition) is 7.